The second-order valence-electron chi connectivity index (χ2n) is 7.55. The van der Waals surface area contributed by atoms with Gasteiger partial charge >= 0.3 is 6.09 Å². The van der Waals surface area contributed by atoms with Crippen molar-refractivity contribution >= 4 is 17.5 Å². The Morgan fingerprint density at radius 1 is 1.27 bits per heavy atom. The second kappa shape index (κ2) is 7.86. The van der Waals surface area contributed by atoms with Crippen molar-refractivity contribution in [3.8, 4) is 0 Å². The van der Waals surface area contributed by atoms with Crippen molar-refractivity contribution in [3.05, 3.63) is 59.3 Å². The van der Waals surface area contributed by atoms with E-state index in [1.165, 1.54) is 0 Å². The number of likely N-dealkylation sites (N-methyl/N-ethyl adjacent to an activating group) is 1. The van der Waals surface area contributed by atoms with Crippen molar-refractivity contribution < 1.29 is 14.1 Å². The summed E-state index contributed by atoms with van der Waals surface area (Å²) in [4.78, 5) is 12.3. The molecule has 0 radical (unpaired) electrons. The number of benzene rings is 1. The highest BCUT2D eigenvalue weighted by atomic mass is 32.2. The fourth-order valence-corrected chi connectivity index (χ4v) is 4.17. The monoisotopic (exact) mass is 376 g/mol. The predicted octanol–water partition coefficient (Wildman–Crippen LogP) is 3.91. The minimum absolute atomic E-state index is 0.201. The average molecular weight is 377 g/mol. The lowest BCUT2D eigenvalue weighted by Gasteiger charge is -2.42. The zero-order chi connectivity index (χ0) is 19.5. The van der Waals surface area contributed by atoms with Crippen LogP contribution in [0, 0.1) is 0 Å². The molecular weight excluding hydrogens is 348 g/mol. The molecule has 1 N–H and O–H groups in total. The van der Waals surface area contributed by atoms with Crippen LogP contribution in [0.4, 0.5) is 4.79 Å². The van der Waals surface area contributed by atoms with Crippen molar-refractivity contribution in [1.82, 2.24) is 9.62 Å². The minimum atomic E-state index is -1.24. The Balaban J connectivity index is 2.07. The summed E-state index contributed by atoms with van der Waals surface area (Å²) in [5.41, 5.74) is 1.93. The molecule has 0 bridgehead atoms. The summed E-state index contributed by atoms with van der Waals surface area (Å²) in [5.74, 6) is 0. The number of alkyl carbamates (subject to hydrolysis) is 1. The Labute approximate surface area is 159 Å². The topological polar surface area (TPSA) is 64.6 Å². The lowest BCUT2D eigenvalue weighted by Crippen LogP contribution is -2.56. The number of carbonyl (C=O) groups excluding carboxylic acids is 1. The number of hydrogen-bond donors (Lipinski definition) is 1. The first-order valence-electron chi connectivity index (χ1n) is 8.60. The van der Waals surface area contributed by atoms with Gasteiger partial charge in [-0.3, -0.25) is 5.32 Å². The van der Waals surface area contributed by atoms with Gasteiger partial charge in [-0.25, -0.2) is 4.79 Å². The van der Waals surface area contributed by atoms with Crippen LogP contribution < -0.4 is 5.32 Å². The molecule has 6 heteroatoms. The van der Waals surface area contributed by atoms with E-state index in [-0.39, 0.29) is 6.61 Å². The number of allylic oxidation sites excluding steroid dienone is 2. The van der Waals surface area contributed by atoms with Gasteiger partial charge in [-0.1, -0.05) is 36.4 Å². The maximum absolute atomic E-state index is 12.9. The zero-order valence-corrected chi connectivity index (χ0v) is 17.1. The highest BCUT2D eigenvalue weighted by molar-refractivity contribution is 7.90. The van der Waals surface area contributed by atoms with Crippen LogP contribution in [0.25, 0.3) is 0 Å². The summed E-state index contributed by atoms with van der Waals surface area (Å²) in [7, 11) is 1.81. The first kappa shape index (κ1) is 20.6. The fourth-order valence-electron chi connectivity index (χ4n) is 2.77. The zero-order valence-electron chi connectivity index (χ0n) is 16.3. The van der Waals surface area contributed by atoms with E-state index in [4.69, 9.17) is 4.74 Å². The molecule has 1 amide bonds. The van der Waals surface area contributed by atoms with E-state index in [0.717, 1.165) is 11.1 Å². The molecule has 1 aliphatic carbocycles. The summed E-state index contributed by atoms with van der Waals surface area (Å²) in [6, 6.07) is 9.52. The molecule has 0 aliphatic heterocycles. The van der Waals surface area contributed by atoms with Crippen molar-refractivity contribution in [2.45, 2.75) is 51.5 Å². The van der Waals surface area contributed by atoms with Crippen LogP contribution >= 0.6 is 0 Å². The van der Waals surface area contributed by atoms with E-state index in [9.17, 15) is 9.35 Å². The predicted molar refractivity (Wildman–Crippen MR) is 106 cm³/mol. The first-order chi connectivity index (χ1) is 12.1. The van der Waals surface area contributed by atoms with Crippen molar-refractivity contribution in [3.63, 3.8) is 0 Å². The Kier molecular flexibility index (Phi) is 6.21. The molecule has 0 aromatic heterocycles. The summed E-state index contributed by atoms with van der Waals surface area (Å²) >= 11 is -1.24. The van der Waals surface area contributed by atoms with E-state index >= 15 is 0 Å². The largest absolute Gasteiger partial charge is 0.597 e. The van der Waals surface area contributed by atoms with E-state index in [2.05, 4.69) is 5.32 Å². The fraction of sp³-hybridized carbons (Fsp3) is 0.450. The molecular formula is C20H28N2O3S. The van der Waals surface area contributed by atoms with E-state index in [1.807, 2.05) is 84.2 Å². The number of hydrogen-bond acceptors (Lipinski definition) is 4. The van der Waals surface area contributed by atoms with Gasteiger partial charge in [0.2, 0.25) is 0 Å². The second-order valence-corrected chi connectivity index (χ2v) is 9.82. The van der Waals surface area contributed by atoms with Gasteiger partial charge in [0.25, 0.3) is 0 Å². The summed E-state index contributed by atoms with van der Waals surface area (Å²) < 4.78 is 19.6. The van der Waals surface area contributed by atoms with Gasteiger partial charge in [-0.15, -0.1) is 4.31 Å². The normalized spacial score (nSPS) is 21.2. The minimum Gasteiger partial charge on any atom is -0.597 e. The van der Waals surface area contributed by atoms with Gasteiger partial charge in [0.05, 0.1) is 0 Å². The number of rotatable bonds is 5. The number of ether oxygens (including phenoxy) is 1. The molecule has 1 aromatic carbocycles. The Hall–Kier alpha value is -1.76. The summed E-state index contributed by atoms with van der Waals surface area (Å²) in [6.07, 6.45) is 3.25. The maximum Gasteiger partial charge on any atom is 0.411 e. The standard InChI is InChI=1S/C20H28N2O3S/c1-15-12-13-17(20(15,5)22(6)26(24)19(2,3)4)21-18(23)25-14-16-10-8-7-9-11-16/h7-13H,14H2,1-6H3,(H,21,23). The lowest BCUT2D eigenvalue weighted by molar-refractivity contribution is 0.140. The molecule has 1 aromatic rings. The third-order valence-corrected chi connectivity index (χ3v) is 6.55. The first-order valence-corrected chi connectivity index (χ1v) is 9.70. The molecule has 5 nitrogen and oxygen atoms in total. The molecule has 0 heterocycles. The van der Waals surface area contributed by atoms with Crippen LogP contribution in [-0.4, -0.2) is 32.3 Å². The quantitative estimate of drug-likeness (QED) is 0.792. The van der Waals surface area contributed by atoms with Crippen LogP contribution in [-0.2, 0) is 22.7 Å². The molecule has 2 unspecified atom stereocenters. The molecule has 0 fully saturated rings. The molecule has 26 heavy (non-hydrogen) atoms. The van der Waals surface area contributed by atoms with Crippen LogP contribution in [0.1, 0.15) is 40.2 Å². The van der Waals surface area contributed by atoms with Crippen molar-refractivity contribution in [2.24, 2.45) is 0 Å². The summed E-state index contributed by atoms with van der Waals surface area (Å²) in [5, 5.41) is 2.83. The molecule has 0 saturated heterocycles. The Morgan fingerprint density at radius 2 is 1.88 bits per heavy atom. The van der Waals surface area contributed by atoms with Gasteiger partial charge in [0.15, 0.2) is 0 Å². The number of nitrogens with one attached hydrogen (secondary N) is 1. The highest BCUT2D eigenvalue weighted by Crippen LogP contribution is 2.38. The van der Waals surface area contributed by atoms with Crippen LogP contribution in [0.2, 0.25) is 0 Å². The van der Waals surface area contributed by atoms with E-state index in [0.29, 0.717) is 5.70 Å². The van der Waals surface area contributed by atoms with Gasteiger partial charge in [-0.2, -0.15) is 0 Å². The van der Waals surface area contributed by atoms with Crippen LogP contribution in [0.3, 0.4) is 0 Å². The van der Waals surface area contributed by atoms with E-state index < -0.39 is 27.7 Å². The number of nitrogens with zero attached hydrogens (tertiary/aromatic N) is 1. The van der Waals surface area contributed by atoms with Gasteiger partial charge in [-0.05, 0) is 51.8 Å². The highest BCUT2D eigenvalue weighted by Gasteiger charge is 2.47. The van der Waals surface area contributed by atoms with Crippen LogP contribution in [0.15, 0.2) is 53.8 Å². The molecule has 0 saturated carbocycles. The molecule has 142 valence electrons. The van der Waals surface area contributed by atoms with Crippen LogP contribution in [0.5, 0.6) is 0 Å². The third-order valence-electron chi connectivity index (χ3n) is 4.64. The van der Waals surface area contributed by atoms with Gasteiger partial charge < -0.3 is 9.29 Å². The van der Waals surface area contributed by atoms with Crippen molar-refractivity contribution in [1.29, 1.82) is 0 Å². The Bertz CT molecular complexity index is 710. The maximum atomic E-state index is 12.9. The Morgan fingerprint density at radius 3 is 2.46 bits per heavy atom. The molecule has 2 atom stereocenters. The third kappa shape index (κ3) is 4.31. The summed E-state index contributed by atoms with van der Waals surface area (Å²) in [6.45, 7) is 9.92. The smallest absolute Gasteiger partial charge is 0.411 e. The number of carbonyl (C=O) groups is 1. The van der Waals surface area contributed by atoms with Gasteiger partial charge in [0.1, 0.15) is 16.9 Å². The molecule has 1 aliphatic rings. The molecule has 0 spiro atoms. The molecule has 2 rings (SSSR count). The lowest BCUT2D eigenvalue weighted by atomic mass is 9.94. The SMILES string of the molecule is CC1=CC=C(NC(=O)OCc2ccccc2)C1(C)N(C)[S+]([O-])C(C)(C)C. The number of amides is 1. The van der Waals surface area contributed by atoms with Crippen molar-refractivity contribution in [2.75, 3.05) is 7.05 Å². The van der Waals surface area contributed by atoms with E-state index in [1.54, 1.807) is 4.31 Å². The average Bonchev–Trinajstić information content (AvgIpc) is 2.88. The van der Waals surface area contributed by atoms with Gasteiger partial charge in [0, 0.05) is 24.1 Å².